The minimum Gasteiger partial charge on any atom is -0.379 e. The van der Waals surface area contributed by atoms with Crippen molar-refractivity contribution in [3.63, 3.8) is 0 Å². The summed E-state index contributed by atoms with van der Waals surface area (Å²) in [6.45, 7) is 4.52. The molecule has 0 aromatic heterocycles. The third-order valence-corrected chi connectivity index (χ3v) is 6.59. The van der Waals surface area contributed by atoms with Gasteiger partial charge < -0.3 is 10.1 Å². The zero-order valence-electron chi connectivity index (χ0n) is 16.6. The van der Waals surface area contributed by atoms with Crippen LogP contribution in [0, 0.1) is 0 Å². The van der Waals surface area contributed by atoms with Gasteiger partial charge in [0.05, 0.1) is 18.1 Å². The van der Waals surface area contributed by atoms with E-state index in [-0.39, 0.29) is 23.8 Å². The van der Waals surface area contributed by atoms with E-state index in [0.717, 1.165) is 38.4 Å². The van der Waals surface area contributed by atoms with Crippen molar-refractivity contribution in [1.29, 1.82) is 0 Å². The summed E-state index contributed by atoms with van der Waals surface area (Å²) in [4.78, 5) is 14.6. The summed E-state index contributed by atoms with van der Waals surface area (Å²) in [5.74, 6) is -0.213. The number of ether oxygens (including phenoxy) is 1. The molecule has 0 spiro atoms. The summed E-state index contributed by atoms with van der Waals surface area (Å²) < 4.78 is 32.3. The van der Waals surface area contributed by atoms with Gasteiger partial charge in [0.2, 0.25) is 15.9 Å². The van der Waals surface area contributed by atoms with Crippen molar-refractivity contribution in [2.75, 3.05) is 32.8 Å². The van der Waals surface area contributed by atoms with Crippen molar-refractivity contribution in [2.45, 2.75) is 24.4 Å². The highest BCUT2D eigenvalue weighted by molar-refractivity contribution is 7.89. The molecule has 1 amide bonds. The fraction of sp³-hybridized carbons (Fsp3) is 0.381. The Balaban J connectivity index is 1.46. The van der Waals surface area contributed by atoms with Crippen LogP contribution in [0.15, 0.2) is 53.4 Å². The molecule has 1 saturated heterocycles. The second kappa shape index (κ2) is 10.9. The Morgan fingerprint density at radius 3 is 2.40 bits per heavy atom. The predicted octanol–water partition coefficient (Wildman–Crippen LogP) is 2.16. The third-order valence-electron chi connectivity index (χ3n) is 4.86. The molecule has 2 aromatic rings. The highest BCUT2D eigenvalue weighted by Crippen LogP contribution is 2.14. The lowest BCUT2D eigenvalue weighted by Crippen LogP contribution is -2.36. The number of amides is 1. The quantitative estimate of drug-likeness (QED) is 0.610. The minimum absolute atomic E-state index is 0.0201. The standard InChI is InChI=1S/C21H26ClN3O4S/c22-19-5-7-20(8-6-19)30(27,28)24-10-9-21(26)23-15-17-3-1-2-4-18(17)16-25-11-13-29-14-12-25/h1-8,24H,9-16H2,(H,23,26). The van der Waals surface area contributed by atoms with Gasteiger partial charge in [-0.15, -0.1) is 0 Å². The van der Waals surface area contributed by atoms with E-state index in [1.165, 1.54) is 29.8 Å². The van der Waals surface area contributed by atoms with E-state index in [9.17, 15) is 13.2 Å². The Labute approximate surface area is 182 Å². The van der Waals surface area contributed by atoms with E-state index in [1.54, 1.807) is 0 Å². The first-order chi connectivity index (χ1) is 14.4. The predicted molar refractivity (Wildman–Crippen MR) is 116 cm³/mol. The molecule has 2 aromatic carbocycles. The summed E-state index contributed by atoms with van der Waals surface area (Å²) in [5, 5.41) is 3.34. The molecule has 1 heterocycles. The average Bonchev–Trinajstić information content (AvgIpc) is 2.74. The number of hydrogen-bond donors (Lipinski definition) is 2. The fourth-order valence-electron chi connectivity index (χ4n) is 3.16. The molecular formula is C21H26ClN3O4S. The molecular weight excluding hydrogens is 426 g/mol. The van der Waals surface area contributed by atoms with E-state index < -0.39 is 10.0 Å². The van der Waals surface area contributed by atoms with E-state index in [4.69, 9.17) is 16.3 Å². The largest absolute Gasteiger partial charge is 0.379 e. The van der Waals surface area contributed by atoms with Gasteiger partial charge >= 0.3 is 0 Å². The first kappa shape index (κ1) is 22.7. The minimum atomic E-state index is -3.67. The van der Waals surface area contributed by atoms with Gasteiger partial charge in [0, 0.05) is 44.2 Å². The lowest BCUT2D eigenvalue weighted by molar-refractivity contribution is -0.121. The lowest BCUT2D eigenvalue weighted by Gasteiger charge is -2.27. The summed E-state index contributed by atoms with van der Waals surface area (Å²) in [6, 6.07) is 13.9. The molecule has 1 aliphatic heterocycles. The topological polar surface area (TPSA) is 87.7 Å². The molecule has 2 N–H and O–H groups in total. The van der Waals surface area contributed by atoms with Crippen LogP contribution in [0.4, 0.5) is 0 Å². The van der Waals surface area contributed by atoms with Crippen molar-refractivity contribution in [1.82, 2.24) is 14.9 Å². The normalized spacial score (nSPS) is 15.1. The summed E-state index contributed by atoms with van der Waals surface area (Å²) in [7, 11) is -3.67. The summed E-state index contributed by atoms with van der Waals surface area (Å²) >= 11 is 5.78. The van der Waals surface area contributed by atoms with E-state index >= 15 is 0 Å². The Kier molecular flexibility index (Phi) is 8.24. The van der Waals surface area contributed by atoms with Gasteiger partial charge in [-0.1, -0.05) is 35.9 Å². The summed E-state index contributed by atoms with van der Waals surface area (Å²) in [5.41, 5.74) is 2.22. The molecule has 162 valence electrons. The van der Waals surface area contributed by atoms with Crippen LogP contribution in [0.25, 0.3) is 0 Å². The Bertz CT molecular complexity index is 945. The number of hydrogen-bond acceptors (Lipinski definition) is 5. The number of sulfonamides is 1. The number of carbonyl (C=O) groups is 1. The second-order valence-electron chi connectivity index (χ2n) is 7.04. The lowest BCUT2D eigenvalue weighted by atomic mass is 10.1. The second-order valence-corrected chi connectivity index (χ2v) is 9.24. The number of benzene rings is 2. The first-order valence-electron chi connectivity index (χ1n) is 9.83. The van der Waals surface area contributed by atoms with Crippen LogP contribution in [0.5, 0.6) is 0 Å². The summed E-state index contributed by atoms with van der Waals surface area (Å²) in [6.07, 6.45) is 0.0540. The Morgan fingerprint density at radius 2 is 1.70 bits per heavy atom. The zero-order valence-corrected chi connectivity index (χ0v) is 18.2. The van der Waals surface area contributed by atoms with Crippen molar-refractivity contribution in [3.05, 3.63) is 64.7 Å². The first-order valence-corrected chi connectivity index (χ1v) is 11.7. The van der Waals surface area contributed by atoms with Crippen LogP contribution in [-0.2, 0) is 32.6 Å². The highest BCUT2D eigenvalue weighted by atomic mass is 35.5. The highest BCUT2D eigenvalue weighted by Gasteiger charge is 2.15. The van der Waals surface area contributed by atoms with Crippen molar-refractivity contribution in [2.24, 2.45) is 0 Å². The monoisotopic (exact) mass is 451 g/mol. The Morgan fingerprint density at radius 1 is 1.03 bits per heavy atom. The number of nitrogens with one attached hydrogen (secondary N) is 2. The zero-order chi connectivity index (χ0) is 21.4. The van der Waals surface area contributed by atoms with Gasteiger partial charge in [0.15, 0.2) is 0 Å². The van der Waals surface area contributed by atoms with Gasteiger partial charge in [-0.3, -0.25) is 9.69 Å². The number of halogens is 1. The molecule has 0 bridgehead atoms. The fourth-order valence-corrected chi connectivity index (χ4v) is 4.32. The van der Waals surface area contributed by atoms with Gasteiger partial charge in [-0.05, 0) is 35.4 Å². The van der Waals surface area contributed by atoms with Gasteiger partial charge in [-0.2, -0.15) is 0 Å². The maximum Gasteiger partial charge on any atom is 0.240 e. The number of rotatable bonds is 9. The van der Waals surface area contributed by atoms with Crippen LogP contribution >= 0.6 is 11.6 Å². The van der Waals surface area contributed by atoms with Crippen LogP contribution < -0.4 is 10.0 Å². The smallest absolute Gasteiger partial charge is 0.240 e. The van der Waals surface area contributed by atoms with E-state index in [1.807, 2.05) is 18.2 Å². The SMILES string of the molecule is O=C(CCNS(=O)(=O)c1ccc(Cl)cc1)NCc1ccccc1CN1CCOCC1. The number of carbonyl (C=O) groups excluding carboxylic acids is 1. The molecule has 7 nitrogen and oxygen atoms in total. The number of morpholine rings is 1. The molecule has 9 heteroatoms. The van der Waals surface area contributed by atoms with Crippen LogP contribution in [0.1, 0.15) is 17.5 Å². The van der Waals surface area contributed by atoms with Crippen molar-refractivity contribution < 1.29 is 17.9 Å². The van der Waals surface area contributed by atoms with Gasteiger partial charge in [0.25, 0.3) is 0 Å². The molecule has 30 heavy (non-hydrogen) atoms. The van der Waals surface area contributed by atoms with Crippen molar-refractivity contribution in [3.8, 4) is 0 Å². The van der Waals surface area contributed by atoms with E-state index in [0.29, 0.717) is 11.6 Å². The molecule has 3 rings (SSSR count). The molecule has 0 radical (unpaired) electrons. The molecule has 1 fully saturated rings. The number of nitrogens with zero attached hydrogens (tertiary/aromatic N) is 1. The molecule has 1 aliphatic rings. The van der Waals surface area contributed by atoms with Gasteiger partial charge in [-0.25, -0.2) is 13.1 Å². The average molecular weight is 452 g/mol. The van der Waals surface area contributed by atoms with E-state index in [2.05, 4.69) is 21.0 Å². The maximum atomic E-state index is 12.2. The Hall–Kier alpha value is -1.97. The molecule has 0 atom stereocenters. The van der Waals surface area contributed by atoms with Crippen LogP contribution in [-0.4, -0.2) is 52.1 Å². The van der Waals surface area contributed by atoms with Crippen LogP contribution in [0.2, 0.25) is 5.02 Å². The molecule has 0 unspecified atom stereocenters. The van der Waals surface area contributed by atoms with Gasteiger partial charge in [0.1, 0.15) is 0 Å². The van der Waals surface area contributed by atoms with Crippen molar-refractivity contribution >= 4 is 27.5 Å². The molecule has 0 saturated carbocycles. The third kappa shape index (κ3) is 6.78. The molecule has 0 aliphatic carbocycles. The maximum absolute atomic E-state index is 12.2. The van der Waals surface area contributed by atoms with Crippen LogP contribution in [0.3, 0.4) is 0 Å².